The van der Waals surface area contributed by atoms with Gasteiger partial charge in [0.1, 0.15) is 11.5 Å². The van der Waals surface area contributed by atoms with E-state index >= 15 is 0 Å². The molecule has 3 aromatic carbocycles. The minimum atomic E-state index is -4.22. The largest absolute Gasteiger partial charge is 0.494 e. The van der Waals surface area contributed by atoms with Gasteiger partial charge in [0.2, 0.25) is 0 Å². The highest BCUT2D eigenvalue weighted by Gasteiger charge is 2.31. The van der Waals surface area contributed by atoms with E-state index < -0.39 is 22.5 Å². The van der Waals surface area contributed by atoms with Crippen LogP contribution < -0.4 is 13.8 Å². The molecule has 0 heterocycles. The summed E-state index contributed by atoms with van der Waals surface area (Å²) in [4.78, 5) is 13.2. The summed E-state index contributed by atoms with van der Waals surface area (Å²) >= 11 is 5.92. The minimum absolute atomic E-state index is 0.0586. The number of carbonyl (C=O) groups is 1. The molecule has 0 radical (unpaired) electrons. The highest BCUT2D eigenvalue weighted by Crippen LogP contribution is 2.28. The fourth-order valence-corrected chi connectivity index (χ4v) is 4.86. The van der Waals surface area contributed by atoms with Gasteiger partial charge >= 0.3 is 0 Å². The summed E-state index contributed by atoms with van der Waals surface area (Å²) in [5.74, 6) is 0.378. The lowest BCUT2D eigenvalue weighted by atomic mass is 10.1. The summed E-state index contributed by atoms with van der Waals surface area (Å²) < 4.78 is 38.9. The van der Waals surface area contributed by atoms with Gasteiger partial charge in [-0.15, -0.1) is 0 Å². The monoisotopic (exact) mass is 487 g/mol. The van der Waals surface area contributed by atoms with Gasteiger partial charge in [-0.1, -0.05) is 17.7 Å². The molecule has 0 aromatic heterocycles. The Morgan fingerprint density at radius 3 is 2.18 bits per heavy atom. The quantitative estimate of drug-likeness (QED) is 0.421. The maximum absolute atomic E-state index is 13.5. The van der Waals surface area contributed by atoms with Gasteiger partial charge in [0, 0.05) is 5.02 Å². The molecule has 0 fully saturated rings. The van der Waals surface area contributed by atoms with Crippen molar-refractivity contribution in [3.8, 4) is 11.5 Å². The molecule has 8 heteroatoms. The summed E-state index contributed by atoms with van der Waals surface area (Å²) in [6, 6.07) is 15.8. The zero-order valence-electron chi connectivity index (χ0n) is 19.0. The Morgan fingerprint density at radius 2 is 1.58 bits per heavy atom. The Bertz CT molecular complexity index is 1240. The van der Waals surface area contributed by atoms with Gasteiger partial charge in [0.05, 0.1) is 17.2 Å². The molecule has 0 aliphatic rings. The van der Waals surface area contributed by atoms with Gasteiger partial charge in [-0.25, -0.2) is 8.42 Å². The predicted octanol–water partition coefficient (Wildman–Crippen LogP) is 5.46. The molecule has 0 saturated heterocycles. The first kappa shape index (κ1) is 24.6. The molecule has 0 atom stereocenters. The second-order valence-electron chi connectivity index (χ2n) is 7.54. The standard InChI is InChI=1S/C25H26ClNO5S/c1-5-31-22-10-8-21(9-11-22)27(33(29,30)23-12-6-20(26)7-13-23)25(28)16-32-24-15-17(2)14-18(3)19(24)4/h6-15H,5,16H2,1-4H3. The van der Waals surface area contributed by atoms with Crippen molar-refractivity contribution in [1.29, 1.82) is 0 Å². The fourth-order valence-electron chi connectivity index (χ4n) is 3.32. The predicted molar refractivity (Wildman–Crippen MR) is 130 cm³/mol. The zero-order chi connectivity index (χ0) is 24.2. The Morgan fingerprint density at radius 1 is 0.939 bits per heavy atom. The molecule has 0 aliphatic carbocycles. The van der Waals surface area contributed by atoms with Crippen molar-refractivity contribution in [2.45, 2.75) is 32.6 Å². The summed E-state index contributed by atoms with van der Waals surface area (Å²) in [6.07, 6.45) is 0. The SMILES string of the molecule is CCOc1ccc(N(C(=O)COc2cc(C)cc(C)c2C)S(=O)(=O)c2ccc(Cl)cc2)cc1. The highest BCUT2D eigenvalue weighted by molar-refractivity contribution is 7.93. The number of anilines is 1. The van der Waals surface area contributed by atoms with Gasteiger partial charge < -0.3 is 9.47 Å². The normalized spacial score (nSPS) is 11.2. The molecule has 0 saturated carbocycles. The molecule has 0 N–H and O–H groups in total. The van der Waals surface area contributed by atoms with Crippen LogP contribution in [0.4, 0.5) is 5.69 Å². The van der Waals surface area contributed by atoms with Crippen LogP contribution in [0.5, 0.6) is 11.5 Å². The second-order valence-corrected chi connectivity index (χ2v) is 9.76. The average molecular weight is 488 g/mol. The Hall–Kier alpha value is -3.03. The number of halogens is 1. The first-order chi connectivity index (χ1) is 15.6. The molecule has 0 unspecified atom stereocenters. The van der Waals surface area contributed by atoms with Crippen LogP contribution in [-0.4, -0.2) is 27.5 Å². The van der Waals surface area contributed by atoms with Crippen LogP contribution in [0.3, 0.4) is 0 Å². The van der Waals surface area contributed by atoms with Crippen LogP contribution in [0.1, 0.15) is 23.6 Å². The van der Waals surface area contributed by atoms with E-state index in [2.05, 4.69) is 0 Å². The molecular weight excluding hydrogens is 462 g/mol. The topological polar surface area (TPSA) is 72.9 Å². The molecule has 6 nitrogen and oxygen atoms in total. The number of ether oxygens (including phenoxy) is 2. The Labute approximate surface area is 199 Å². The van der Waals surface area contributed by atoms with E-state index in [9.17, 15) is 13.2 Å². The van der Waals surface area contributed by atoms with Crippen molar-refractivity contribution in [3.63, 3.8) is 0 Å². The van der Waals surface area contributed by atoms with E-state index in [0.29, 0.717) is 23.1 Å². The third kappa shape index (κ3) is 5.67. The second kappa shape index (κ2) is 10.3. The Kier molecular flexibility index (Phi) is 7.66. The number of sulfonamides is 1. The molecule has 1 amide bonds. The number of amides is 1. The summed E-state index contributed by atoms with van der Waals surface area (Å²) in [6.45, 7) is 7.63. The third-order valence-electron chi connectivity index (χ3n) is 5.08. The van der Waals surface area contributed by atoms with E-state index in [-0.39, 0.29) is 10.6 Å². The van der Waals surface area contributed by atoms with Crippen LogP contribution in [0, 0.1) is 20.8 Å². The lowest BCUT2D eigenvalue weighted by Crippen LogP contribution is -2.40. The lowest BCUT2D eigenvalue weighted by molar-refractivity contribution is -0.119. The minimum Gasteiger partial charge on any atom is -0.494 e. The fraction of sp³-hybridized carbons (Fsp3) is 0.240. The Balaban J connectivity index is 1.97. The van der Waals surface area contributed by atoms with E-state index in [1.54, 1.807) is 12.1 Å². The van der Waals surface area contributed by atoms with Crippen LogP contribution in [0.25, 0.3) is 0 Å². The summed E-state index contributed by atoms with van der Waals surface area (Å²) in [7, 11) is -4.22. The molecule has 174 valence electrons. The molecule has 3 aromatic rings. The van der Waals surface area contributed by atoms with Crippen molar-refractivity contribution in [2.75, 3.05) is 17.5 Å². The van der Waals surface area contributed by atoms with E-state index in [0.717, 1.165) is 21.0 Å². The van der Waals surface area contributed by atoms with Crippen molar-refractivity contribution in [2.24, 2.45) is 0 Å². The number of hydrogen-bond acceptors (Lipinski definition) is 5. The van der Waals surface area contributed by atoms with Crippen molar-refractivity contribution >= 4 is 33.2 Å². The molecule has 0 aliphatic heterocycles. The van der Waals surface area contributed by atoms with E-state index in [4.69, 9.17) is 21.1 Å². The van der Waals surface area contributed by atoms with Crippen molar-refractivity contribution in [3.05, 3.63) is 82.4 Å². The van der Waals surface area contributed by atoms with Gasteiger partial charge in [0.15, 0.2) is 6.61 Å². The van der Waals surface area contributed by atoms with Crippen molar-refractivity contribution < 1.29 is 22.7 Å². The first-order valence-corrected chi connectivity index (χ1v) is 12.2. The summed E-state index contributed by atoms with van der Waals surface area (Å²) in [5.41, 5.74) is 3.08. The summed E-state index contributed by atoms with van der Waals surface area (Å²) in [5, 5.41) is 0.390. The number of nitrogens with zero attached hydrogens (tertiary/aromatic N) is 1. The first-order valence-electron chi connectivity index (χ1n) is 10.4. The number of aryl methyl sites for hydroxylation is 2. The average Bonchev–Trinajstić information content (AvgIpc) is 2.77. The number of benzene rings is 3. The molecular formula is C25H26ClNO5S. The van der Waals surface area contributed by atoms with Crippen LogP contribution in [0.2, 0.25) is 5.02 Å². The molecule has 0 bridgehead atoms. The zero-order valence-corrected chi connectivity index (χ0v) is 20.5. The molecule has 0 spiro atoms. The number of carbonyl (C=O) groups excluding carboxylic acids is 1. The van der Waals surface area contributed by atoms with E-state index in [1.165, 1.54) is 36.4 Å². The third-order valence-corrected chi connectivity index (χ3v) is 7.09. The van der Waals surface area contributed by atoms with Gasteiger partial charge in [-0.2, -0.15) is 4.31 Å². The number of hydrogen-bond donors (Lipinski definition) is 0. The molecule has 3 rings (SSSR count). The lowest BCUT2D eigenvalue weighted by Gasteiger charge is -2.23. The number of rotatable bonds is 8. The van der Waals surface area contributed by atoms with Crippen LogP contribution >= 0.6 is 11.6 Å². The maximum Gasteiger partial charge on any atom is 0.278 e. The van der Waals surface area contributed by atoms with Gasteiger partial charge in [-0.05, 0) is 99.0 Å². The van der Waals surface area contributed by atoms with Crippen molar-refractivity contribution in [1.82, 2.24) is 0 Å². The van der Waals surface area contributed by atoms with Gasteiger partial charge in [0.25, 0.3) is 15.9 Å². The smallest absolute Gasteiger partial charge is 0.278 e. The maximum atomic E-state index is 13.5. The molecule has 33 heavy (non-hydrogen) atoms. The highest BCUT2D eigenvalue weighted by atomic mass is 35.5. The van der Waals surface area contributed by atoms with Crippen LogP contribution in [0.15, 0.2) is 65.6 Å². The van der Waals surface area contributed by atoms with Crippen LogP contribution in [-0.2, 0) is 14.8 Å². The van der Waals surface area contributed by atoms with E-state index in [1.807, 2.05) is 39.8 Å². The van der Waals surface area contributed by atoms with Gasteiger partial charge in [-0.3, -0.25) is 4.79 Å².